The highest BCUT2D eigenvalue weighted by atomic mass is 79.9. The van der Waals surface area contributed by atoms with E-state index in [4.69, 9.17) is 10.5 Å². The molecule has 0 bridgehead atoms. The summed E-state index contributed by atoms with van der Waals surface area (Å²) in [6.45, 7) is 2.42. The number of nitrogens with two attached hydrogens (primary N) is 1. The molecular weight excluding hydrogens is 294 g/mol. The van der Waals surface area contributed by atoms with Gasteiger partial charge in [-0.25, -0.2) is 9.97 Å². The van der Waals surface area contributed by atoms with Crippen LogP contribution in [-0.4, -0.2) is 17.1 Å². The average molecular weight is 308 g/mol. The SMILES string of the molecule is COCc1ccccc1-c1nc(C)c(Br)c(N)n1. The molecule has 2 N–H and O–H groups in total. The zero-order chi connectivity index (χ0) is 13.1. The first-order valence-corrected chi connectivity index (χ1v) is 6.29. The molecule has 0 aliphatic carbocycles. The fourth-order valence-corrected chi connectivity index (χ4v) is 1.90. The van der Waals surface area contributed by atoms with Crippen molar-refractivity contribution < 1.29 is 4.74 Å². The molecule has 0 saturated heterocycles. The van der Waals surface area contributed by atoms with Crippen LogP contribution in [0.4, 0.5) is 5.82 Å². The Hall–Kier alpha value is -1.46. The van der Waals surface area contributed by atoms with Crippen LogP contribution in [-0.2, 0) is 11.3 Å². The number of benzene rings is 1. The quantitative estimate of drug-likeness (QED) is 0.947. The van der Waals surface area contributed by atoms with Crippen molar-refractivity contribution in [2.24, 2.45) is 0 Å². The predicted molar refractivity (Wildman–Crippen MR) is 75.0 cm³/mol. The highest BCUT2D eigenvalue weighted by Gasteiger charge is 2.11. The van der Waals surface area contributed by atoms with Crippen molar-refractivity contribution >= 4 is 21.7 Å². The number of aromatic nitrogens is 2. The van der Waals surface area contributed by atoms with Gasteiger partial charge < -0.3 is 10.5 Å². The van der Waals surface area contributed by atoms with E-state index < -0.39 is 0 Å². The summed E-state index contributed by atoms with van der Waals surface area (Å²) in [4.78, 5) is 8.76. The third-order valence-electron chi connectivity index (χ3n) is 2.60. The molecule has 0 unspecified atom stereocenters. The minimum Gasteiger partial charge on any atom is -0.383 e. The predicted octanol–water partition coefficient (Wildman–Crippen LogP) is 2.94. The Morgan fingerprint density at radius 3 is 2.67 bits per heavy atom. The minimum atomic E-state index is 0.449. The number of methoxy groups -OCH3 is 1. The van der Waals surface area contributed by atoms with Crippen LogP contribution in [0.15, 0.2) is 28.7 Å². The second-order valence-corrected chi connectivity index (χ2v) is 4.72. The fourth-order valence-electron chi connectivity index (χ4n) is 1.72. The van der Waals surface area contributed by atoms with Gasteiger partial charge in [-0.3, -0.25) is 0 Å². The van der Waals surface area contributed by atoms with Crippen molar-refractivity contribution in [3.63, 3.8) is 0 Å². The third kappa shape index (κ3) is 2.52. The van der Waals surface area contributed by atoms with Gasteiger partial charge in [0.05, 0.1) is 16.8 Å². The number of rotatable bonds is 3. The van der Waals surface area contributed by atoms with Crippen molar-refractivity contribution in [2.75, 3.05) is 12.8 Å². The van der Waals surface area contributed by atoms with Gasteiger partial charge in [0.15, 0.2) is 5.82 Å². The van der Waals surface area contributed by atoms with E-state index in [2.05, 4.69) is 25.9 Å². The maximum atomic E-state index is 5.85. The molecule has 5 heteroatoms. The molecule has 0 aliphatic heterocycles. The summed E-state index contributed by atoms with van der Waals surface area (Å²) in [6, 6.07) is 7.88. The van der Waals surface area contributed by atoms with E-state index >= 15 is 0 Å². The largest absolute Gasteiger partial charge is 0.383 e. The lowest BCUT2D eigenvalue weighted by Crippen LogP contribution is -2.02. The zero-order valence-corrected chi connectivity index (χ0v) is 11.9. The maximum absolute atomic E-state index is 5.85. The van der Waals surface area contributed by atoms with Crippen molar-refractivity contribution in [2.45, 2.75) is 13.5 Å². The second kappa shape index (κ2) is 5.46. The molecule has 0 atom stereocenters. The van der Waals surface area contributed by atoms with Gasteiger partial charge >= 0.3 is 0 Å². The number of nitrogen functional groups attached to an aromatic ring is 1. The molecular formula is C13H14BrN3O. The molecule has 0 aliphatic rings. The topological polar surface area (TPSA) is 61.0 Å². The van der Waals surface area contributed by atoms with Crippen LogP contribution in [0.25, 0.3) is 11.4 Å². The van der Waals surface area contributed by atoms with Gasteiger partial charge in [0.25, 0.3) is 0 Å². The highest BCUT2D eigenvalue weighted by Crippen LogP contribution is 2.26. The van der Waals surface area contributed by atoms with Gasteiger partial charge in [-0.05, 0) is 28.4 Å². The molecule has 18 heavy (non-hydrogen) atoms. The lowest BCUT2D eigenvalue weighted by atomic mass is 10.1. The number of hydrogen-bond donors (Lipinski definition) is 1. The molecule has 4 nitrogen and oxygen atoms in total. The van der Waals surface area contributed by atoms with Crippen molar-refractivity contribution in [1.82, 2.24) is 9.97 Å². The molecule has 0 fully saturated rings. The monoisotopic (exact) mass is 307 g/mol. The molecule has 1 aromatic carbocycles. The Morgan fingerprint density at radius 2 is 2.00 bits per heavy atom. The number of hydrogen-bond acceptors (Lipinski definition) is 4. The van der Waals surface area contributed by atoms with E-state index in [9.17, 15) is 0 Å². The Labute approximate surface area is 114 Å². The molecule has 0 saturated carbocycles. The van der Waals surface area contributed by atoms with Gasteiger partial charge in [0.2, 0.25) is 0 Å². The molecule has 0 amide bonds. The fraction of sp³-hybridized carbons (Fsp3) is 0.231. The number of nitrogens with zero attached hydrogens (tertiary/aromatic N) is 2. The lowest BCUT2D eigenvalue weighted by Gasteiger charge is -2.10. The van der Waals surface area contributed by atoms with Crippen molar-refractivity contribution in [1.29, 1.82) is 0 Å². The summed E-state index contributed by atoms with van der Waals surface area (Å²) < 4.78 is 5.92. The van der Waals surface area contributed by atoms with Crippen molar-refractivity contribution in [3.05, 3.63) is 40.0 Å². The van der Waals surface area contributed by atoms with E-state index in [1.54, 1.807) is 7.11 Å². The molecule has 1 heterocycles. The van der Waals surface area contributed by atoms with E-state index in [0.29, 0.717) is 18.2 Å². The molecule has 1 aromatic heterocycles. The molecule has 2 aromatic rings. The van der Waals surface area contributed by atoms with Crippen LogP contribution < -0.4 is 5.73 Å². The third-order valence-corrected chi connectivity index (χ3v) is 3.58. The first-order chi connectivity index (χ1) is 8.63. The van der Waals surface area contributed by atoms with Gasteiger partial charge in [-0.2, -0.15) is 0 Å². The zero-order valence-electron chi connectivity index (χ0n) is 10.3. The Morgan fingerprint density at radius 1 is 1.28 bits per heavy atom. The summed E-state index contributed by atoms with van der Waals surface area (Å²) in [5.74, 6) is 1.07. The highest BCUT2D eigenvalue weighted by molar-refractivity contribution is 9.10. The van der Waals surface area contributed by atoms with Crippen LogP contribution in [0.1, 0.15) is 11.3 Å². The lowest BCUT2D eigenvalue weighted by molar-refractivity contribution is 0.185. The first-order valence-electron chi connectivity index (χ1n) is 5.50. The first kappa shape index (κ1) is 13.0. The van der Waals surface area contributed by atoms with E-state index in [1.807, 2.05) is 31.2 Å². The van der Waals surface area contributed by atoms with Gasteiger partial charge in [-0.1, -0.05) is 24.3 Å². The normalized spacial score (nSPS) is 10.6. The van der Waals surface area contributed by atoms with Gasteiger partial charge in [0, 0.05) is 12.7 Å². The van der Waals surface area contributed by atoms with Crippen LogP contribution >= 0.6 is 15.9 Å². The smallest absolute Gasteiger partial charge is 0.162 e. The standard InChI is InChI=1S/C13H14BrN3O/c1-8-11(14)12(15)17-13(16-8)10-6-4-3-5-9(10)7-18-2/h3-6H,7H2,1-2H3,(H2,15,16,17). The van der Waals surface area contributed by atoms with E-state index in [-0.39, 0.29) is 0 Å². The number of ether oxygens (including phenoxy) is 1. The van der Waals surface area contributed by atoms with E-state index in [1.165, 1.54) is 0 Å². The number of anilines is 1. The Kier molecular flexibility index (Phi) is 3.93. The van der Waals surface area contributed by atoms with Crippen molar-refractivity contribution in [3.8, 4) is 11.4 Å². The summed E-state index contributed by atoms with van der Waals surface area (Å²) in [5, 5.41) is 0. The van der Waals surface area contributed by atoms with Gasteiger partial charge in [-0.15, -0.1) is 0 Å². The molecule has 2 rings (SSSR count). The minimum absolute atomic E-state index is 0.449. The Balaban J connectivity index is 2.55. The summed E-state index contributed by atoms with van der Waals surface area (Å²) in [6.07, 6.45) is 0. The molecule has 94 valence electrons. The summed E-state index contributed by atoms with van der Waals surface area (Å²) >= 11 is 3.36. The van der Waals surface area contributed by atoms with Crippen LogP contribution in [0.3, 0.4) is 0 Å². The number of halogens is 1. The number of aryl methyl sites for hydroxylation is 1. The molecule has 0 spiro atoms. The van der Waals surface area contributed by atoms with Crippen LogP contribution in [0.5, 0.6) is 0 Å². The summed E-state index contributed by atoms with van der Waals surface area (Å²) in [7, 11) is 1.67. The average Bonchev–Trinajstić information content (AvgIpc) is 2.36. The Bertz CT molecular complexity index is 549. The van der Waals surface area contributed by atoms with E-state index in [0.717, 1.165) is 21.3 Å². The van der Waals surface area contributed by atoms with Gasteiger partial charge in [0.1, 0.15) is 5.82 Å². The maximum Gasteiger partial charge on any atom is 0.162 e. The summed E-state index contributed by atoms with van der Waals surface area (Å²) in [5.41, 5.74) is 8.67. The van der Waals surface area contributed by atoms with Crippen LogP contribution in [0, 0.1) is 6.92 Å². The van der Waals surface area contributed by atoms with Crippen LogP contribution in [0.2, 0.25) is 0 Å². The molecule has 0 radical (unpaired) electrons. The second-order valence-electron chi connectivity index (χ2n) is 3.92.